The summed E-state index contributed by atoms with van der Waals surface area (Å²) in [5.41, 5.74) is 0.0729. The predicted molar refractivity (Wildman–Crippen MR) is 54.3 cm³/mol. The normalized spacial score (nSPS) is 14.6. The number of rotatable bonds is 5. The molecule has 0 spiro atoms. The lowest BCUT2D eigenvalue weighted by atomic mass is 10.2. The van der Waals surface area contributed by atoms with E-state index in [1.807, 2.05) is 0 Å². The molecule has 1 amide bonds. The molecule has 1 saturated carbocycles. The Kier molecular flexibility index (Phi) is 3.03. The summed E-state index contributed by atoms with van der Waals surface area (Å²) in [6.45, 7) is 0.342. The van der Waals surface area contributed by atoms with Crippen molar-refractivity contribution in [1.29, 1.82) is 0 Å². The molecule has 0 aliphatic heterocycles. The largest absolute Gasteiger partial charge is 0.487 e. The minimum absolute atomic E-state index is 0.0729. The fourth-order valence-corrected chi connectivity index (χ4v) is 1.33. The van der Waals surface area contributed by atoms with E-state index < -0.39 is 11.6 Å². The van der Waals surface area contributed by atoms with Crippen molar-refractivity contribution in [2.75, 3.05) is 11.9 Å². The number of ether oxygens (including phenoxy) is 1. The summed E-state index contributed by atoms with van der Waals surface area (Å²) in [6, 6.07) is 2.05. The zero-order chi connectivity index (χ0) is 11.5. The zero-order valence-corrected chi connectivity index (χ0v) is 8.50. The van der Waals surface area contributed by atoms with Gasteiger partial charge in [0.25, 0.3) is 0 Å². The zero-order valence-electron chi connectivity index (χ0n) is 8.50. The molecule has 5 heteroatoms. The Labute approximate surface area is 91.4 Å². The van der Waals surface area contributed by atoms with Crippen LogP contribution in [0.3, 0.4) is 0 Å². The number of halogens is 2. The van der Waals surface area contributed by atoms with Crippen molar-refractivity contribution >= 4 is 12.1 Å². The van der Waals surface area contributed by atoms with Gasteiger partial charge in [-0.1, -0.05) is 0 Å². The van der Waals surface area contributed by atoms with Crippen LogP contribution < -0.4 is 10.1 Å². The van der Waals surface area contributed by atoms with Gasteiger partial charge in [-0.15, -0.1) is 0 Å². The molecular formula is C11H11F2NO2. The average Bonchev–Trinajstić information content (AvgIpc) is 3.00. The second kappa shape index (κ2) is 4.47. The van der Waals surface area contributed by atoms with Crippen molar-refractivity contribution in [1.82, 2.24) is 0 Å². The molecule has 3 nitrogen and oxygen atoms in total. The van der Waals surface area contributed by atoms with Crippen molar-refractivity contribution < 1.29 is 18.3 Å². The topological polar surface area (TPSA) is 38.3 Å². The third-order valence-electron chi connectivity index (χ3n) is 2.38. The van der Waals surface area contributed by atoms with Crippen LogP contribution in [0.5, 0.6) is 5.75 Å². The average molecular weight is 227 g/mol. The van der Waals surface area contributed by atoms with Gasteiger partial charge in [0, 0.05) is 17.8 Å². The van der Waals surface area contributed by atoms with Gasteiger partial charge in [-0.25, -0.2) is 8.78 Å². The maximum absolute atomic E-state index is 13.4. The van der Waals surface area contributed by atoms with Crippen molar-refractivity contribution in [3.05, 3.63) is 23.8 Å². The van der Waals surface area contributed by atoms with Gasteiger partial charge in [-0.3, -0.25) is 4.79 Å². The van der Waals surface area contributed by atoms with Gasteiger partial charge in [0.1, 0.15) is 0 Å². The molecule has 0 bridgehead atoms. The van der Waals surface area contributed by atoms with Crippen LogP contribution in [-0.2, 0) is 4.79 Å². The van der Waals surface area contributed by atoms with Crippen molar-refractivity contribution in [2.45, 2.75) is 12.8 Å². The van der Waals surface area contributed by atoms with Crippen LogP contribution in [-0.4, -0.2) is 13.0 Å². The van der Waals surface area contributed by atoms with Crippen LogP contribution in [0.4, 0.5) is 14.5 Å². The van der Waals surface area contributed by atoms with Gasteiger partial charge < -0.3 is 10.1 Å². The van der Waals surface area contributed by atoms with E-state index in [1.54, 1.807) is 0 Å². The SMILES string of the molecule is O=CNc1cc(F)c(OCC2CC2)c(F)c1. The molecule has 1 aromatic carbocycles. The number of nitrogens with one attached hydrogen (secondary N) is 1. The number of amides is 1. The highest BCUT2D eigenvalue weighted by atomic mass is 19.1. The third kappa shape index (κ3) is 2.48. The molecule has 16 heavy (non-hydrogen) atoms. The molecule has 0 aromatic heterocycles. The Morgan fingerprint density at radius 3 is 2.50 bits per heavy atom. The van der Waals surface area contributed by atoms with Crippen LogP contribution in [0.15, 0.2) is 12.1 Å². The second-order valence-electron chi connectivity index (χ2n) is 3.79. The fourth-order valence-electron chi connectivity index (χ4n) is 1.33. The first-order valence-electron chi connectivity index (χ1n) is 5.02. The molecule has 0 saturated heterocycles. The lowest BCUT2D eigenvalue weighted by Crippen LogP contribution is -2.04. The van der Waals surface area contributed by atoms with Gasteiger partial charge in [0.15, 0.2) is 17.4 Å². The first kappa shape index (κ1) is 10.9. The first-order chi connectivity index (χ1) is 7.70. The first-order valence-corrected chi connectivity index (χ1v) is 5.02. The quantitative estimate of drug-likeness (QED) is 0.784. The van der Waals surface area contributed by atoms with Crippen LogP contribution in [0.2, 0.25) is 0 Å². The van der Waals surface area contributed by atoms with E-state index >= 15 is 0 Å². The summed E-state index contributed by atoms with van der Waals surface area (Å²) in [5, 5.41) is 2.18. The van der Waals surface area contributed by atoms with Crippen LogP contribution in [0.25, 0.3) is 0 Å². The summed E-state index contributed by atoms with van der Waals surface area (Å²) in [6.07, 6.45) is 2.46. The van der Waals surface area contributed by atoms with Gasteiger partial charge >= 0.3 is 0 Å². The summed E-state index contributed by atoms with van der Waals surface area (Å²) in [5.74, 6) is -1.55. The van der Waals surface area contributed by atoms with E-state index in [-0.39, 0.29) is 11.4 Å². The number of hydrogen-bond acceptors (Lipinski definition) is 2. The van der Waals surface area contributed by atoms with E-state index in [4.69, 9.17) is 4.74 Å². The highest BCUT2D eigenvalue weighted by Crippen LogP contribution is 2.31. The molecule has 0 unspecified atom stereocenters. The molecule has 1 aliphatic carbocycles. The second-order valence-corrected chi connectivity index (χ2v) is 3.79. The van der Waals surface area contributed by atoms with E-state index in [0.717, 1.165) is 25.0 Å². The molecular weight excluding hydrogens is 216 g/mol. The van der Waals surface area contributed by atoms with E-state index in [0.29, 0.717) is 18.9 Å². The van der Waals surface area contributed by atoms with Gasteiger partial charge in [-0.05, 0) is 18.8 Å². The highest BCUT2D eigenvalue weighted by molar-refractivity contribution is 5.71. The standard InChI is InChI=1S/C11H11F2NO2/c12-9-3-8(14-6-15)4-10(13)11(9)16-5-7-1-2-7/h3-4,6-7H,1-2,5H2,(H,14,15). The highest BCUT2D eigenvalue weighted by Gasteiger charge is 2.23. The van der Waals surface area contributed by atoms with Crippen LogP contribution in [0.1, 0.15) is 12.8 Å². The van der Waals surface area contributed by atoms with E-state index in [1.165, 1.54) is 0 Å². The maximum atomic E-state index is 13.4. The molecule has 1 fully saturated rings. The molecule has 0 heterocycles. The number of hydrogen-bond donors (Lipinski definition) is 1. The smallest absolute Gasteiger partial charge is 0.211 e. The molecule has 0 radical (unpaired) electrons. The Balaban J connectivity index is 2.12. The fraction of sp³-hybridized carbons (Fsp3) is 0.364. The number of carbonyl (C=O) groups is 1. The molecule has 1 N–H and O–H groups in total. The summed E-state index contributed by atoms with van der Waals surface area (Å²) < 4.78 is 31.8. The lowest BCUT2D eigenvalue weighted by molar-refractivity contribution is -0.105. The van der Waals surface area contributed by atoms with Crippen LogP contribution in [0, 0.1) is 17.6 Å². The monoisotopic (exact) mass is 227 g/mol. The van der Waals surface area contributed by atoms with Gasteiger partial charge in [0.2, 0.25) is 6.41 Å². The minimum Gasteiger partial charge on any atom is -0.487 e. The Morgan fingerprint density at radius 2 is 2.00 bits per heavy atom. The number of carbonyl (C=O) groups excluding carboxylic acids is 1. The third-order valence-corrected chi connectivity index (χ3v) is 2.38. The summed E-state index contributed by atoms with van der Waals surface area (Å²) >= 11 is 0. The lowest BCUT2D eigenvalue weighted by Gasteiger charge is -2.09. The van der Waals surface area contributed by atoms with Crippen LogP contribution >= 0.6 is 0 Å². The molecule has 0 atom stereocenters. The van der Waals surface area contributed by atoms with Crippen molar-refractivity contribution in [3.63, 3.8) is 0 Å². The molecule has 86 valence electrons. The van der Waals surface area contributed by atoms with Gasteiger partial charge in [-0.2, -0.15) is 0 Å². The summed E-state index contributed by atoms with van der Waals surface area (Å²) in [4.78, 5) is 10.1. The predicted octanol–water partition coefficient (Wildman–Crippen LogP) is 2.32. The summed E-state index contributed by atoms with van der Waals surface area (Å²) in [7, 11) is 0. The Hall–Kier alpha value is -1.65. The number of benzene rings is 1. The van der Waals surface area contributed by atoms with E-state index in [9.17, 15) is 13.6 Å². The minimum atomic E-state index is -0.801. The molecule has 2 rings (SSSR count). The molecule has 1 aromatic rings. The Morgan fingerprint density at radius 1 is 1.38 bits per heavy atom. The van der Waals surface area contributed by atoms with Crippen molar-refractivity contribution in [2.24, 2.45) is 5.92 Å². The van der Waals surface area contributed by atoms with Crippen molar-refractivity contribution in [3.8, 4) is 5.75 Å². The molecule has 1 aliphatic rings. The van der Waals surface area contributed by atoms with E-state index in [2.05, 4.69) is 5.32 Å². The Bertz CT molecular complexity index is 382. The number of anilines is 1. The maximum Gasteiger partial charge on any atom is 0.211 e. The van der Waals surface area contributed by atoms with Gasteiger partial charge in [0.05, 0.1) is 6.61 Å².